The van der Waals surface area contributed by atoms with E-state index in [9.17, 15) is 9.59 Å². The van der Waals surface area contributed by atoms with Gasteiger partial charge in [-0.1, -0.05) is 44.2 Å². The number of benzene rings is 1. The number of hydrogen-bond donors (Lipinski definition) is 1. The molecule has 0 unspecified atom stereocenters. The van der Waals surface area contributed by atoms with Gasteiger partial charge in [0, 0.05) is 5.92 Å². The third kappa shape index (κ3) is 6.43. The van der Waals surface area contributed by atoms with E-state index in [1.165, 1.54) is 0 Å². The van der Waals surface area contributed by atoms with Gasteiger partial charge in [-0.25, -0.2) is 4.79 Å². The number of nitrogens with one attached hydrogen (secondary N) is 1. The lowest BCUT2D eigenvalue weighted by molar-refractivity contribution is -0.124. The molecule has 0 heterocycles. The number of ether oxygens (including phenoxy) is 1. The summed E-state index contributed by atoms with van der Waals surface area (Å²) in [6.45, 7) is 9.04. The Balaban J connectivity index is 2.78. The van der Waals surface area contributed by atoms with Gasteiger partial charge in [-0.3, -0.25) is 4.79 Å². The van der Waals surface area contributed by atoms with E-state index in [4.69, 9.17) is 4.74 Å². The molecular weight excluding hydrogens is 266 g/mol. The first kappa shape index (κ1) is 17.2. The van der Waals surface area contributed by atoms with E-state index in [1.807, 2.05) is 44.2 Å². The van der Waals surface area contributed by atoms with E-state index in [1.54, 1.807) is 20.8 Å². The molecule has 0 saturated carbocycles. The van der Waals surface area contributed by atoms with Gasteiger partial charge in [0.15, 0.2) is 5.78 Å². The van der Waals surface area contributed by atoms with Crippen LogP contribution in [0, 0.1) is 5.92 Å². The van der Waals surface area contributed by atoms with Crippen LogP contribution >= 0.6 is 0 Å². The van der Waals surface area contributed by atoms with E-state index >= 15 is 0 Å². The number of rotatable bonds is 5. The fourth-order valence-electron chi connectivity index (χ4n) is 1.92. The highest BCUT2D eigenvalue weighted by Crippen LogP contribution is 2.11. The standard InChI is InChI=1S/C17H25NO3/c1-12(2)15(19)14(11-13-9-7-6-8-10-13)18-16(20)21-17(3,4)5/h6-10,12,14H,11H2,1-5H3,(H,18,20)/t14-/m0/s1. The van der Waals surface area contributed by atoms with Gasteiger partial charge in [0.25, 0.3) is 0 Å². The Morgan fingerprint density at radius 2 is 1.71 bits per heavy atom. The lowest BCUT2D eigenvalue weighted by Crippen LogP contribution is -2.46. The van der Waals surface area contributed by atoms with E-state index in [0.717, 1.165) is 5.56 Å². The quantitative estimate of drug-likeness (QED) is 0.905. The van der Waals surface area contributed by atoms with Crippen LogP contribution in [0.3, 0.4) is 0 Å². The van der Waals surface area contributed by atoms with E-state index in [0.29, 0.717) is 6.42 Å². The summed E-state index contributed by atoms with van der Waals surface area (Å²) < 4.78 is 5.23. The first-order valence-corrected chi connectivity index (χ1v) is 7.26. The summed E-state index contributed by atoms with van der Waals surface area (Å²) in [6, 6.07) is 9.07. The third-order valence-electron chi connectivity index (χ3n) is 2.89. The number of carbonyl (C=O) groups excluding carboxylic acids is 2. The van der Waals surface area contributed by atoms with E-state index < -0.39 is 17.7 Å². The molecule has 0 fully saturated rings. The number of hydrogen-bond acceptors (Lipinski definition) is 3. The minimum absolute atomic E-state index is 0.00436. The summed E-state index contributed by atoms with van der Waals surface area (Å²) >= 11 is 0. The second-order valence-electron chi connectivity index (χ2n) is 6.45. The van der Waals surface area contributed by atoms with Gasteiger partial charge in [-0.05, 0) is 32.8 Å². The summed E-state index contributed by atoms with van der Waals surface area (Å²) in [7, 11) is 0. The van der Waals surface area contributed by atoms with E-state index in [-0.39, 0.29) is 11.7 Å². The van der Waals surface area contributed by atoms with Crippen molar-refractivity contribution in [2.75, 3.05) is 0 Å². The first-order chi connectivity index (χ1) is 9.69. The van der Waals surface area contributed by atoms with Crippen molar-refractivity contribution in [1.82, 2.24) is 5.32 Å². The van der Waals surface area contributed by atoms with Crippen LogP contribution in [0.15, 0.2) is 30.3 Å². The average molecular weight is 291 g/mol. The Morgan fingerprint density at radius 3 is 2.19 bits per heavy atom. The van der Waals surface area contributed by atoms with E-state index in [2.05, 4.69) is 5.32 Å². The molecule has 1 N–H and O–H groups in total. The number of Topliss-reactive ketones (excluding diaryl/α,β-unsaturated/α-hetero) is 1. The average Bonchev–Trinajstić information content (AvgIpc) is 2.36. The summed E-state index contributed by atoms with van der Waals surface area (Å²) in [5.41, 5.74) is 0.426. The Labute approximate surface area is 126 Å². The van der Waals surface area contributed by atoms with Crippen molar-refractivity contribution >= 4 is 11.9 Å². The molecule has 0 aliphatic heterocycles. The highest BCUT2D eigenvalue weighted by atomic mass is 16.6. The predicted octanol–water partition coefficient (Wildman–Crippen LogP) is 3.35. The maximum Gasteiger partial charge on any atom is 0.408 e. The van der Waals surface area contributed by atoms with Crippen molar-refractivity contribution in [3.63, 3.8) is 0 Å². The number of ketones is 1. The number of alkyl carbamates (subject to hydrolysis) is 1. The molecule has 0 aromatic heterocycles. The molecule has 4 heteroatoms. The Bertz CT molecular complexity index is 475. The zero-order valence-corrected chi connectivity index (χ0v) is 13.5. The van der Waals surface area contributed by atoms with Crippen LogP contribution in [0.25, 0.3) is 0 Å². The summed E-state index contributed by atoms with van der Waals surface area (Å²) in [6.07, 6.45) is -0.0886. The molecular formula is C17H25NO3. The predicted molar refractivity (Wildman–Crippen MR) is 83.1 cm³/mol. The van der Waals surface area contributed by atoms with Crippen LogP contribution in [0.5, 0.6) is 0 Å². The molecule has 21 heavy (non-hydrogen) atoms. The molecule has 0 aliphatic rings. The fraction of sp³-hybridized carbons (Fsp3) is 0.529. The first-order valence-electron chi connectivity index (χ1n) is 7.26. The van der Waals surface area contributed by atoms with Crippen molar-refractivity contribution in [2.45, 2.75) is 52.7 Å². The largest absolute Gasteiger partial charge is 0.444 e. The van der Waals surface area contributed by atoms with Crippen molar-refractivity contribution < 1.29 is 14.3 Å². The molecule has 1 aromatic carbocycles. The molecule has 116 valence electrons. The zero-order chi connectivity index (χ0) is 16.0. The Hall–Kier alpha value is -1.84. The molecule has 0 spiro atoms. The lowest BCUT2D eigenvalue weighted by atomic mass is 9.96. The normalized spacial score (nSPS) is 12.9. The molecule has 0 aliphatic carbocycles. The SMILES string of the molecule is CC(C)C(=O)[C@H](Cc1ccccc1)NC(=O)OC(C)(C)C. The van der Waals surface area contributed by atoms with Crippen molar-refractivity contribution in [3.8, 4) is 0 Å². The van der Waals surface area contributed by atoms with Gasteiger partial charge in [0.05, 0.1) is 6.04 Å². The molecule has 1 atom stereocenters. The molecule has 0 saturated heterocycles. The topological polar surface area (TPSA) is 55.4 Å². The monoisotopic (exact) mass is 291 g/mol. The fourth-order valence-corrected chi connectivity index (χ4v) is 1.92. The minimum Gasteiger partial charge on any atom is -0.444 e. The van der Waals surface area contributed by atoms with Crippen LogP contribution in [0.1, 0.15) is 40.2 Å². The van der Waals surface area contributed by atoms with Gasteiger partial charge in [-0.15, -0.1) is 0 Å². The molecule has 0 bridgehead atoms. The van der Waals surface area contributed by atoms with Crippen molar-refractivity contribution in [2.24, 2.45) is 5.92 Å². The summed E-state index contributed by atoms with van der Waals surface area (Å²) in [5.74, 6) is -0.140. The molecule has 1 rings (SSSR count). The molecule has 0 radical (unpaired) electrons. The highest BCUT2D eigenvalue weighted by molar-refractivity contribution is 5.89. The minimum atomic E-state index is -0.581. The smallest absolute Gasteiger partial charge is 0.408 e. The highest BCUT2D eigenvalue weighted by Gasteiger charge is 2.26. The molecule has 4 nitrogen and oxygen atoms in total. The Morgan fingerprint density at radius 1 is 1.14 bits per heavy atom. The second-order valence-corrected chi connectivity index (χ2v) is 6.45. The summed E-state index contributed by atoms with van der Waals surface area (Å²) in [5, 5.41) is 2.69. The summed E-state index contributed by atoms with van der Waals surface area (Å²) in [4.78, 5) is 24.2. The van der Waals surface area contributed by atoms with Gasteiger partial charge in [0.2, 0.25) is 0 Å². The van der Waals surface area contributed by atoms with Crippen molar-refractivity contribution in [1.29, 1.82) is 0 Å². The van der Waals surface area contributed by atoms with Crippen LogP contribution < -0.4 is 5.32 Å². The Kier molecular flexibility index (Phi) is 5.94. The maximum atomic E-state index is 12.3. The van der Waals surface area contributed by atoms with Crippen molar-refractivity contribution in [3.05, 3.63) is 35.9 Å². The zero-order valence-electron chi connectivity index (χ0n) is 13.5. The van der Waals surface area contributed by atoms with Gasteiger partial charge in [0.1, 0.15) is 5.60 Å². The molecule has 1 aromatic rings. The van der Waals surface area contributed by atoms with Crippen LogP contribution in [-0.2, 0) is 16.0 Å². The maximum absolute atomic E-state index is 12.3. The van der Waals surface area contributed by atoms with Gasteiger partial charge < -0.3 is 10.1 Å². The lowest BCUT2D eigenvalue weighted by Gasteiger charge is -2.24. The van der Waals surface area contributed by atoms with Gasteiger partial charge >= 0.3 is 6.09 Å². The number of carbonyl (C=O) groups is 2. The van der Waals surface area contributed by atoms with Crippen LogP contribution in [0.4, 0.5) is 4.79 Å². The number of amides is 1. The third-order valence-corrected chi connectivity index (χ3v) is 2.89. The second kappa shape index (κ2) is 7.25. The van der Waals surface area contributed by atoms with Crippen LogP contribution in [0.2, 0.25) is 0 Å². The molecule has 1 amide bonds. The van der Waals surface area contributed by atoms with Gasteiger partial charge in [-0.2, -0.15) is 0 Å². The van der Waals surface area contributed by atoms with Crippen LogP contribution in [-0.4, -0.2) is 23.5 Å².